The van der Waals surface area contributed by atoms with Gasteiger partial charge in [0.15, 0.2) is 0 Å². The van der Waals surface area contributed by atoms with Gasteiger partial charge in [0.2, 0.25) is 5.88 Å². The lowest BCUT2D eigenvalue weighted by atomic mass is 10.1. The molecule has 7 heteroatoms. The standard InChI is InChI=1S/C19H27N5O2/c1-13-10-14(11-20)18(21-2)23-19(13)24-8-6-15(7-9-24)26-16-4-5-17(25-3)22-12-16/h4-5,10,12,15H,6-9,11,20H2,1-3H3,(H,21,23). The molecular formula is C19H27N5O2. The van der Waals surface area contributed by atoms with Crippen molar-refractivity contribution in [1.82, 2.24) is 9.97 Å². The van der Waals surface area contributed by atoms with Gasteiger partial charge in [0.05, 0.1) is 13.3 Å². The van der Waals surface area contributed by atoms with Gasteiger partial charge >= 0.3 is 0 Å². The Bertz CT molecular complexity index is 727. The lowest BCUT2D eigenvalue weighted by Crippen LogP contribution is -2.39. The van der Waals surface area contributed by atoms with Crippen LogP contribution in [0.5, 0.6) is 11.6 Å². The van der Waals surface area contributed by atoms with Crippen LogP contribution >= 0.6 is 0 Å². The van der Waals surface area contributed by atoms with Gasteiger partial charge < -0.3 is 25.4 Å². The van der Waals surface area contributed by atoms with E-state index in [0.29, 0.717) is 12.4 Å². The van der Waals surface area contributed by atoms with E-state index in [9.17, 15) is 0 Å². The van der Waals surface area contributed by atoms with Crippen molar-refractivity contribution in [2.75, 3.05) is 37.5 Å². The number of methoxy groups -OCH3 is 1. The molecule has 0 unspecified atom stereocenters. The predicted octanol–water partition coefficient (Wildman–Crippen LogP) is 2.34. The molecule has 0 radical (unpaired) electrons. The van der Waals surface area contributed by atoms with Gasteiger partial charge in [0.1, 0.15) is 23.5 Å². The van der Waals surface area contributed by atoms with Gasteiger partial charge in [0.25, 0.3) is 0 Å². The smallest absolute Gasteiger partial charge is 0.213 e. The van der Waals surface area contributed by atoms with E-state index in [4.69, 9.17) is 20.2 Å². The summed E-state index contributed by atoms with van der Waals surface area (Å²) < 4.78 is 11.1. The molecule has 1 aliphatic rings. The summed E-state index contributed by atoms with van der Waals surface area (Å²) in [5, 5.41) is 3.14. The number of ether oxygens (including phenoxy) is 2. The summed E-state index contributed by atoms with van der Waals surface area (Å²) in [6.45, 7) is 4.39. The molecule has 140 valence electrons. The third-order valence-corrected chi connectivity index (χ3v) is 4.68. The van der Waals surface area contributed by atoms with Crippen LogP contribution in [0.3, 0.4) is 0 Å². The SMILES string of the molecule is CNc1nc(N2CCC(Oc3ccc(OC)nc3)CC2)c(C)cc1CN. The topological polar surface area (TPSA) is 85.5 Å². The molecule has 7 nitrogen and oxygen atoms in total. The second-order valence-electron chi connectivity index (χ2n) is 6.43. The zero-order valence-electron chi connectivity index (χ0n) is 15.7. The summed E-state index contributed by atoms with van der Waals surface area (Å²) in [5.41, 5.74) is 8.01. The molecule has 0 spiro atoms. The fraction of sp³-hybridized carbons (Fsp3) is 0.474. The maximum absolute atomic E-state index is 6.06. The molecule has 1 saturated heterocycles. The van der Waals surface area contributed by atoms with Crippen molar-refractivity contribution >= 4 is 11.6 Å². The molecule has 26 heavy (non-hydrogen) atoms. The van der Waals surface area contributed by atoms with Crippen LogP contribution in [0.25, 0.3) is 0 Å². The van der Waals surface area contributed by atoms with E-state index in [2.05, 4.69) is 28.2 Å². The van der Waals surface area contributed by atoms with Crippen molar-refractivity contribution in [2.24, 2.45) is 5.73 Å². The fourth-order valence-corrected chi connectivity index (χ4v) is 3.29. The number of piperidine rings is 1. The van der Waals surface area contributed by atoms with Crippen molar-refractivity contribution in [3.63, 3.8) is 0 Å². The van der Waals surface area contributed by atoms with Gasteiger partial charge in [0, 0.05) is 51.2 Å². The highest BCUT2D eigenvalue weighted by Gasteiger charge is 2.23. The predicted molar refractivity (Wildman–Crippen MR) is 103 cm³/mol. The maximum Gasteiger partial charge on any atom is 0.213 e. The Balaban J connectivity index is 1.63. The first-order chi connectivity index (χ1) is 12.6. The number of rotatable bonds is 6. The number of aryl methyl sites for hydroxylation is 1. The normalized spacial score (nSPS) is 15.0. The number of anilines is 2. The Morgan fingerprint density at radius 2 is 2.08 bits per heavy atom. The van der Waals surface area contributed by atoms with E-state index in [1.165, 1.54) is 0 Å². The van der Waals surface area contributed by atoms with E-state index in [1.807, 2.05) is 19.2 Å². The number of aromatic nitrogens is 2. The lowest BCUT2D eigenvalue weighted by Gasteiger charge is -2.34. The van der Waals surface area contributed by atoms with E-state index in [1.54, 1.807) is 13.3 Å². The molecule has 1 aliphatic heterocycles. The molecule has 0 atom stereocenters. The second kappa shape index (κ2) is 8.23. The molecule has 2 aromatic rings. The van der Waals surface area contributed by atoms with Crippen LogP contribution in [-0.2, 0) is 6.54 Å². The molecule has 0 bridgehead atoms. The summed E-state index contributed by atoms with van der Waals surface area (Å²) >= 11 is 0. The number of nitrogens with two attached hydrogens (primary N) is 1. The zero-order chi connectivity index (χ0) is 18.5. The minimum absolute atomic E-state index is 0.189. The maximum atomic E-state index is 6.06. The van der Waals surface area contributed by atoms with Crippen molar-refractivity contribution < 1.29 is 9.47 Å². The van der Waals surface area contributed by atoms with Gasteiger partial charge in [-0.3, -0.25) is 0 Å². The average Bonchev–Trinajstić information content (AvgIpc) is 2.69. The van der Waals surface area contributed by atoms with Gasteiger partial charge in [-0.25, -0.2) is 9.97 Å². The minimum atomic E-state index is 0.189. The molecule has 3 N–H and O–H groups in total. The first-order valence-corrected chi connectivity index (χ1v) is 8.94. The Kier molecular flexibility index (Phi) is 5.78. The molecule has 2 aromatic heterocycles. The van der Waals surface area contributed by atoms with E-state index in [0.717, 1.165) is 54.4 Å². The summed E-state index contributed by atoms with van der Waals surface area (Å²) in [6.07, 6.45) is 3.79. The van der Waals surface area contributed by atoms with Crippen molar-refractivity contribution in [3.8, 4) is 11.6 Å². The number of pyridine rings is 2. The Labute approximate surface area is 154 Å². The van der Waals surface area contributed by atoms with Crippen LogP contribution in [0.2, 0.25) is 0 Å². The van der Waals surface area contributed by atoms with Crippen LogP contribution in [0.15, 0.2) is 24.4 Å². The van der Waals surface area contributed by atoms with Crippen LogP contribution in [-0.4, -0.2) is 43.3 Å². The molecule has 0 aromatic carbocycles. The monoisotopic (exact) mass is 357 g/mol. The molecular weight excluding hydrogens is 330 g/mol. The van der Waals surface area contributed by atoms with E-state index < -0.39 is 0 Å². The number of hydrogen-bond donors (Lipinski definition) is 2. The zero-order valence-corrected chi connectivity index (χ0v) is 15.7. The van der Waals surface area contributed by atoms with Crippen LogP contribution in [0, 0.1) is 6.92 Å². The Morgan fingerprint density at radius 3 is 2.65 bits per heavy atom. The minimum Gasteiger partial charge on any atom is -0.489 e. The highest BCUT2D eigenvalue weighted by Crippen LogP contribution is 2.27. The van der Waals surface area contributed by atoms with Gasteiger partial charge in [-0.2, -0.15) is 0 Å². The highest BCUT2D eigenvalue weighted by molar-refractivity contribution is 5.57. The van der Waals surface area contributed by atoms with E-state index >= 15 is 0 Å². The number of nitrogens with one attached hydrogen (secondary N) is 1. The molecule has 0 aliphatic carbocycles. The first-order valence-electron chi connectivity index (χ1n) is 8.94. The average molecular weight is 357 g/mol. The molecule has 0 amide bonds. The first kappa shape index (κ1) is 18.3. The highest BCUT2D eigenvalue weighted by atomic mass is 16.5. The Morgan fingerprint density at radius 1 is 1.31 bits per heavy atom. The Hall–Kier alpha value is -2.54. The quantitative estimate of drug-likeness (QED) is 0.821. The van der Waals surface area contributed by atoms with Gasteiger partial charge in [-0.15, -0.1) is 0 Å². The van der Waals surface area contributed by atoms with Gasteiger partial charge in [-0.1, -0.05) is 0 Å². The van der Waals surface area contributed by atoms with E-state index in [-0.39, 0.29) is 6.10 Å². The van der Waals surface area contributed by atoms with Crippen molar-refractivity contribution in [1.29, 1.82) is 0 Å². The molecule has 1 fully saturated rings. The summed E-state index contributed by atoms with van der Waals surface area (Å²) in [4.78, 5) is 11.3. The van der Waals surface area contributed by atoms with Crippen molar-refractivity contribution in [2.45, 2.75) is 32.4 Å². The third-order valence-electron chi connectivity index (χ3n) is 4.68. The molecule has 3 heterocycles. The summed E-state index contributed by atoms with van der Waals surface area (Å²) in [7, 11) is 3.48. The van der Waals surface area contributed by atoms with Crippen LogP contribution in [0.4, 0.5) is 11.6 Å². The largest absolute Gasteiger partial charge is 0.489 e. The number of nitrogens with zero attached hydrogens (tertiary/aromatic N) is 3. The van der Waals surface area contributed by atoms with Crippen LogP contribution < -0.4 is 25.4 Å². The lowest BCUT2D eigenvalue weighted by molar-refractivity contribution is 0.170. The van der Waals surface area contributed by atoms with Crippen molar-refractivity contribution in [3.05, 3.63) is 35.5 Å². The van der Waals surface area contributed by atoms with Gasteiger partial charge in [-0.05, 0) is 24.6 Å². The summed E-state index contributed by atoms with van der Waals surface area (Å²) in [5.74, 6) is 3.25. The molecule has 3 rings (SSSR count). The molecule has 0 saturated carbocycles. The summed E-state index contributed by atoms with van der Waals surface area (Å²) in [6, 6.07) is 5.84. The second-order valence-corrected chi connectivity index (χ2v) is 6.43. The number of hydrogen-bond acceptors (Lipinski definition) is 7. The van der Waals surface area contributed by atoms with Crippen LogP contribution in [0.1, 0.15) is 24.0 Å². The fourth-order valence-electron chi connectivity index (χ4n) is 3.29. The third kappa shape index (κ3) is 3.99.